The number of aliphatic hydroxyl groups is 1. The van der Waals surface area contributed by atoms with Crippen LogP contribution in [0.3, 0.4) is 0 Å². The zero-order valence-corrected chi connectivity index (χ0v) is 15.2. The minimum absolute atomic E-state index is 0.0399. The van der Waals surface area contributed by atoms with Crippen LogP contribution in [0, 0.1) is 5.41 Å². The number of hydrogen-bond donors (Lipinski definition) is 3. The molecule has 6 heteroatoms. The van der Waals surface area contributed by atoms with E-state index >= 15 is 0 Å². The molecule has 1 atom stereocenters. The summed E-state index contributed by atoms with van der Waals surface area (Å²) in [4.78, 5) is 12.4. The Balaban J connectivity index is 2.26. The van der Waals surface area contributed by atoms with Crippen molar-refractivity contribution in [1.82, 2.24) is 0 Å². The highest BCUT2D eigenvalue weighted by atomic mass is 16.6. The lowest BCUT2D eigenvalue weighted by Gasteiger charge is -2.34. The number of hydrogen-bond acceptors (Lipinski definition) is 5. The minimum Gasteiger partial charge on any atom is -0.504 e. The van der Waals surface area contributed by atoms with Crippen LogP contribution in [0.2, 0.25) is 0 Å². The molecule has 2 aromatic carbocycles. The zero-order valence-electron chi connectivity index (χ0n) is 15.2. The molecule has 0 aliphatic rings. The van der Waals surface area contributed by atoms with E-state index in [9.17, 15) is 15.0 Å². The van der Waals surface area contributed by atoms with Crippen molar-refractivity contribution in [3.63, 3.8) is 0 Å². The van der Waals surface area contributed by atoms with E-state index in [0.717, 1.165) is 0 Å². The first-order valence-electron chi connectivity index (χ1n) is 8.38. The summed E-state index contributed by atoms with van der Waals surface area (Å²) in [5, 5.41) is 22.1. The molecule has 0 fully saturated rings. The fourth-order valence-corrected chi connectivity index (χ4v) is 2.74. The highest BCUT2D eigenvalue weighted by molar-refractivity contribution is 5.84. The van der Waals surface area contributed by atoms with Gasteiger partial charge in [0.1, 0.15) is 6.10 Å². The van der Waals surface area contributed by atoms with Crippen molar-refractivity contribution >= 4 is 11.8 Å². The molecule has 0 saturated carbocycles. The van der Waals surface area contributed by atoms with Gasteiger partial charge in [0.2, 0.25) is 0 Å². The van der Waals surface area contributed by atoms with E-state index in [-0.39, 0.29) is 12.4 Å². The van der Waals surface area contributed by atoms with Crippen molar-refractivity contribution < 1.29 is 24.5 Å². The number of amides is 1. The standard InChI is InChI=1S/C20H25NO5/c1-20(2,11-12-22)18(14-9-10-17(25-3)16(23)13-14)26-19(24)21-15-7-5-4-6-8-15/h4-10,13,18,22-23H,11-12H2,1-3H3,(H,21,24)/t18-/m0/s1. The van der Waals surface area contributed by atoms with Gasteiger partial charge in [-0.05, 0) is 36.2 Å². The molecule has 0 bridgehead atoms. The summed E-state index contributed by atoms with van der Waals surface area (Å²) in [6.45, 7) is 3.74. The van der Waals surface area contributed by atoms with Gasteiger partial charge in [0, 0.05) is 17.7 Å². The number of ether oxygens (including phenoxy) is 2. The van der Waals surface area contributed by atoms with Crippen molar-refractivity contribution in [2.24, 2.45) is 5.41 Å². The monoisotopic (exact) mass is 359 g/mol. The van der Waals surface area contributed by atoms with Gasteiger partial charge in [-0.1, -0.05) is 38.1 Å². The average Bonchev–Trinajstić information content (AvgIpc) is 2.60. The van der Waals surface area contributed by atoms with Gasteiger partial charge in [-0.3, -0.25) is 5.32 Å². The summed E-state index contributed by atoms with van der Waals surface area (Å²) < 4.78 is 10.7. The second-order valence-electron chi connectivity index (χ2n) is 6.67. The Labute approximate surface area is 153 Å². The van der Waals surface area contributed by atoms with Crippen LogP contribution in [0.5, 0.6) is 11.5 Å². The normalized spacial score (nSPS) is 12.3. The lowest BCUT2D eigenvalue weighted by molar-refractivity contribution is 0.0151. The SMILES string of the molecule is COc1ccc([C@H](OC(=O)Nc2ccccc2)C(C)(C)CCO)cc1O. The second kappa shape index (κ2) is 8.58. The van der Waals surface area contributed by atoms with Gasteiger partial charge in [-0.15, -0.1) is 0 Å². The number of anilines is 1. The third-order valence-corrected chi connectivity index (χ3v) is 4.22. The van der Waals surface area contributed by atoms with Crippen molar-refractivity contribution in [1.29, 1.82) is 0 Å². The Morgan fingerprint density at radius 2 is 1.88 bits per heavy atom. The van der Waals surface area contributed by atoms with E-state index in [4.69, 9.17) is 9.47 Å². The topological polar surface area (TPSA) is 88.0 Å². The highest BCUT2D eigenvalue weighted by Crippen LogP contribution is 2.41. The molecule has 6 nitrogen and oxygen atoms in total. The molecule has 1 amide bonds. The van der Waals surface area contributed by atoms with Gasteiger partial charge in [-0.2, -0.15) is 0 Å². The smallest absolute Gasteiger partial charge is 0.412 e. The minimum atomic E-state index is -0.671. The van der Waals surface area contributed by atoms with Gasteiger partial charge >= 0.3 is 6.09 Å². The number of rotatable bonds is 7. The summed E-state index contributed by atoms with van der Waals surface area (Å²) in [7, 11) is 1.46. The highest BCUT2D eigenvalue weighted by Gasteiger charge is 2.34. The third kappa shape index (κ3) is 4.89. The maximum atomic E-state index is 12.4. The zero-order chi connectivity index (χ0) is 19.2. The second-order valence-corrected chi connectivity index (χ2v) is 6.67. The molecule has 3 N–H and O–H groups in total. The first kappa shape index (κ1) is 19.6. The van der Waals surface area contributed by atoms with Crippen LogP contribution < -0.4 is 10.1 Å². The number of carbonyl (C=O) groups is 1. The summed E-state index contributed by atoms with van der Waals surface area (Å²) >= 11 is 0. The van der Waals surface area contributed by atoms with Crippen molar-refractivity contribution in [2.75, 3.05) is 19.0 Å². The summed E-state index contributed by atoms with van der Waals surface area (Å²) in [5.41, 5.74) is 0.683. The largest absolute Gasteiger partial charge is 0.504 e. The van der Waals surface area contributed by atoms with Crippen LogP contribution in [-0.4, -0.2) is 30.0 Å². The number of aromatic hydroxyl groups is 1. The Morgan fingerprint density at radius 1 is 1.19 bits per heavy atom. The number of phenols is 1. The maximum Gasteiger partial charge on any atom is 0.412 e. The first-order chi connectivity index (χ1) is 12.4. The molecule has 26 heavy (non-hydrogen) atoms. The maximum absolute atomic E-state index is 12.4. The van der Waals surface area contributed by atoms with Gasteiger partial charge in [0.15, 0.2) is 11.5 Å². The van der Waals surface area contributed by atoms with E-state index in [2.05, 4.69) is 5.32 Å². The van der Waals surface area contributed by atoms with E-state index in [1.807, 2.05) is 32.0 Å². The molecule has 0 saturated heterocycles. The summed E-state index contributed by atoms with van der Waals surface area (Å²) in [5.74, 6) is 0.295. The van der Waals surface area contributed by atoms with Crippen LogP contribution in [-0.2, 0) is 4.74 Å². The van der Waals surface area contributed by atoms with Gasteiger partial charge in [0.05, 0.1) is 7.11 Å². The van der Waals surface area contributed by atoms with Crippen LogP contribution >= 0.6 is 0 Å². The van der Waals surface area contributed by atoms with E-state index in [0.29, 0.717) is 23.4 Å². The lowest BCUT2D eigenvalue weighted by atomic mass is 9.80. The number of carbonyl (C=O) groups excluding carboxylic acids is 1. The first-order valence-corrected chi connectivity index (χ1v) is 8.38. The number of phenolic OH excluding ortho intramolecular Hbond substituents is 1. The van der Waals surface area contributed by atoms with Crippen molar-refractivity contribution in [3.8, 4) is 11.5 Å². The molecule has 0 radical (unpaired) electrons. The van der Waals surface area contributed by atoms with Gasteiger partial charge in [-0.25, -0.2) is 4.79 Å². The van der Waals surface area contributed by atoms with Crippen LogP contribution in [0.4, 0.5) is 10.5 Å². The molecular formula is C20H25NO5. The van der Waals surface area contributed by atoms with Crippen LogP contribution in [0.15, 0.2) is 48.5 Å². The molecule has 2 rings (SSSR count). The van der Waals surface area contributed by atoms with E-state index in [1.165, 1.54) is 13.2 Å². The molecule has 0 unspecified atom stereocenters. The van der Waals surface area contributed by atoms with Crippen molar-refractivity contribution in [2.45, 2.75) is 26.4 Å². The molecule has 0 aromatic heterocycles. The fourth-order valence-electron chi connectivity index (χ4n) is 2.74. The summed E-state index contributed by atoms with van der Waals surface area (Å²) in [6, 6.07) is 13.9. The third-order valence-electron chi connectivity index (χ3n) is 4.22. The van der Waals surface area contributed by atoms with Gasteiger partial charge < -0.3 is 19.7 Å². The Bertz CT molecular complexity index is 730. The molecule has 140 valence electrons. The number of para-hydroxylation sites is 1. The number of methoxy groups -OCH3 is 1. The molecule has 0 aliphatic heterocycles. The number of aliphatic hydroxyl groups excluding tert-OH is 1. The van der Waals surface area contributed by atoms with Crippen molar-refractivity contribution in [3.05, 3.63) is 54.1 Å². The quantitative estimate of drug-likeness (QED) is 0.693. The predicted molar refractivity (Wildman–Crippen MR) is 99.4 cm³/mol. The van der Waals surface area contributed by atoms with Crippen LogP contribution in [0.1, 0.15) is 31.9 Å². The molecule has 0 spiro atoms. The molecular weight excluding hydrogens is 334 g/mol. The molecule has 2 aromatic rings. The predicted octanol–water partition coefficient (Wildman–Crippen LogP) is 4.10. The van der Waals surface area contributed by atoms with E-state index < -0.39 is 17.6 Å². The Morgan fingerprint density at radius 3 is 2.46 bits per heavy atom. The number of benzene rings is 2. The fraction of sp³-hybridized carbons (Fsp3) is 0.350. The van der Waals surface area contributed by atoms with Gasteiger partial charge in [0.25, 0.3) is 0 Å². The lowest BCUT2D eigenvalue weighted by Crippen LogP contribution is -2.29. The average molecular weight is 359 g/mol. The molecule has 0 heterocycles. The number of nitrogens with one attached hydrogen (secondary N) is 1. The molecule has 0 aliphatic carbocycles. The van der Waals surface area contributed by atoms with Crippen LogP contribution in [0.25, 0.3) is 0 Å². The van der Waals surface area contributed by atoms with E-state index in [1.54, 1.807) is 24.3 Å². The Kier molecular flexibility index (Phi) is 6.46. The Hall–Kier alpha value is -2.73. The summed E-state index contributed by atoms with van der Waals surface area (Å²) in [6.07, 6.45) is -0.860.